The van der Waals surface area contributed by atoms with Gasteiger partial charge in [0.25, 0.3) is 5.91 Å². The second-order valence-electron chi connectivity index (χ2n) is 6.17. The molecule has 1 amide bonds. The first-order valence-corrected chi connectivity index (χ1v) is 7.46. The van der Waals surface area contributed by atoms with Crippen LogP contribution in [0.5, 0.6) is 0 Å². The highest BCUT2D eigenvalue weighted by Crippen LogP contribution is 2.18. The van der Waals surface area contributed by atoms with Crippen LogP contribution in [0.25, 0.3) is 0 Å². The van der Waals surface area contributed by atoms with Crippen LogP contribution in [0, 0.1) is 0 Å². The lowest BCUT2D eigenvalue weighted by molar-refractivity contribution is -0.0587. The Balaban J connectivity index is 2.32. The van der Waals surface area contributed by atoms with E-state index >= 15 is 0 Å². The number of aromatic nitrogens is 2. The van der Waals surface area contributed by atoms with E-state index in [0.717, 1.165) is 5.82 Å². The molecule has 0 spiro atoms. The lowest BCUT2D eigenvalue weighted by Gasteiger charge is -2.35. The summed E-state index contributed by atoms with van der Waals surface area (Å²) in [6.07, 6.45) is 0.0763. The van der Waals surface area contributed by atoms with Gasteiger partial charge in [0.05, 0.1) is 12.2 Å². The SMILES string of the molecule is C[C@H]1CN(C(=O)c2cc(N(C)C)nc(N(C)C)n2)C[C@H](C)O1. The minimum absolute atomic E-state index is 0.0381. The molecule has 0 radical (unpaired) electrons. The van der Waals surface area contributed by atoms with Crippen LogP contribution in [0.15, 0.2) is 6.07 Å². The Morgan fingerprint density at radius 1 is 1.14 bits per heavy atom. The Labute approximate surface area is 131 Å². The summed E-state index contributed by atoms with van der Waals surface area (Å²) in [7, 11) is 7.52. The number of nitrogens with zero attached hydrogens (tertiary/aromatic N) is 5. The van der Waals surface area contributed by atoms with E-state index in [1.807, 2.05) is 46.9 Å². The van der Waals surface area contributed by atoms with Crippen LogP contribution in [0.1, 0.15) is 24.3 Å². The minimum Gasteiger partial charge on any atom is -0.372 e. The number of carbonyl (C=O) groups excluding carboxylic acids is 1. The summed E-state index contributed by atoms with van der Waals surface area (Å²) in [4.78, 5) is 27.1. The molecule has 1 saturated heterocycles. The van der Waals surface area contributed by atoms with Crippen molar-refractivity contribution in [2.45, 2.75) is 26.1 Å². The van der Waals surface area contributed by atoms with Crippen molar-refractivity contribution in [3.63, 3.8) is 0 Å². The Morgan fingerprint density at radius 2 is 1.73 bits per heavy atom. The third kappa shape index (κ3) is 3.65. The highest BCUT2D eigenvalue weighted by Gasteiger charge is 2.28. The highest BCUT2D eigenvalue weighted by atomic mass is 16.5. The topological polar surface area (TPSA) is 61.8 Å². The van der Waals surface area contributed by atoms with Gasteiger partial charge in [-0.15, -0.1) is 0 Å². The van der Waals surface area contributed by atoms with Crippen molar-refractivity contribution < 1.29 is 9.53 Å². The van der Waals surface area contributed by atoms with Gasteiger partial charge in [0, 0.05) is 47.3 Å². The van der Waals surface area contributed by atoms with Gasteiger partial charge in [-0.3, -0.25) is 4.79 Å². The molecule has 2 rings (SSSR count). The van der Waals surface area contributed by atoms with Gasteiger partial charge in [0.15, 0.2) is 0 Å². The van der Waals surface area contributed by atoms with E-state index in [0.29, 0.717) is 24.7 Å². The Morgan fingerprint density at radius 3 is 2.23 bits per heavy atom. The third-order valence-electron chi connectivity index (χ3n) is 3.48. The van der Waals surface area contributed by atoms with E-state index in [-0.39, 0.29) is 18.1 Å². The summed E-state index contributed by atoms with van der Waals surface area (Å²) in [5, 5.41) is 0. The summed E-state index contributed by atoms with van der Waals surface area (Å²) in [5.41, 5.74) is 0.420. The molecule has 1 aliphatic heterocycles. The predicted molar refractivity (Wildman–Crippen MR) is 86.6 cm³/mol. The highest BCUT2D eigenvalue weighted by molar-refractivity contribution is 5.93. The smallest absolute Gasteiger partial charge is 0.272 e. The van der Waals surface area contributed by atoms with E-state index in [2.05, 4.69) is 9.97 Å². The molecule has 1 aliphatic rings. The number of anilines is 2. The van der Waals surface area contributed by atoms with E-state index in [1.165, 1.54) is 0 Å². The average molecular weight is 307 g/mol. The van der Waals surface area contributed by atoms with Crippen molar-refractivity contribution in [2.24, 2.45) is 0 Å². The molecule has 7 nitrogen and oxygen atoms in total. The standard InChI is InChI=1S/C15H25N5O2/c1-10-8-20(9-11(2)22-10)14(21)12-7-13(18(3)4)17-15(16-12)19(5)6/h7,10-11H,8-9H2,1-6H3/t10-,11-/m0/s1. The summed E-state index contributed by atoms with van der Waals surface area (Å²) < 4.78 is 5.68. The lowest BCUT2D eigenvalue weighted by Crippen LogP contribution is -2.48. The van der Waals surface area contributed by atoms with Gasteiger partial charge < -0.3 is 19.4 Å². The van der Waals surface area contributed by atoms with Gasteiger partial charge >= 0.3 is 0 Å². The first kappa shape index (κ1) is 16.5. The molecule has 0 saturated carbocycles. The van der Waals surface area contributed by atoms with Crippen LogP contribution in [0.2, 0.25) is 0 Å². The largest absolute Gasteiger partial charge is 0.372 e. The second-order valence-corrected chi connectivity index (χ2v) is 6.17. The predicted octanol–water partition coefficient (Wildman–Crippen LogP) is 0.858. The van der Waals surface area contributed by atoms with Gasteiger partial charge in [-0.05, 0) is 13.8 Å². The van der Waals surface area contributed by atoms with Gasteiger partial charge in [-0.25, -0.2) is 4.98 Å². The maximum atomic E-state index is 12.8. The number of ether oxygens (including phenoxy) is 1. The third-order valence-corrected chi connectivity index (χ3v) is 3.48. The van der Waals surface area contributed by atoms with Crippen LogP contribution in [0.3, 0.4) is 0 Å². The first-order chi connectivity index (χ1) is 10.3. The van der Waals surface area contributed by atoms with Crippen molar-refractivity contribution in [2.75, 3.05) is 51.1 Å². The zero-order valence-electron chi connectivity index (χ0n) is 14.2. The molecule has 0 unspecified atom stereocenters. The molecule has 22 heavy (non-hydrogen) atoms. The van der Waals surface area contributed by atoms with E-state index in [4.69, 9.17) is 4.74 Å². The molecule has 1 fully saturated rings. The zero-order valence-corrected chi connectivity index (χ0v) is 14.2. The number of hydrogen-bond acceptors (Lipinski definition) is 6. The van der Waals surface area contributed by atoms with Crippen LogP contribution >= 0.6 is 0 Å². The molecule has 1 aromatic heterocycles. The molecule has 0 bridgehead atoms. The van der Waals surface area contributed by atoms with Crippen molar-refractivity contribution in [1.29, 1.82) is 0 Å². The van der Waals surface area contributed by atoms with Gasteiger partial charge in [0.1, 0.15) is 11.5 Å². The van der Waals surface area contributed by atoms with Crippen molar-refractivity contribution in [3.8, 4) is 0 Å². The molecule has 7 heteroatoms. The van der Waals surface area contributed by atoms with Crippen molar-refractivity contribution >= 4 is 17.7 Å². The molecule has 122 valence electrons. The number of hydrogen-bond donors (Lipinski definition) is 0. The number of amides is 1. The molecule has 0 N–H and O–H groups in total. The maximum absolute atomic E-state index is 12.8. The fourth-order valence-corrected chi connectivity index (χ4v) is 2.47. The van der Waals surface area contributed by atoms with Gasteiger partial charge in [-0.2, -0.15) is 4.98 Å². The van der Waals surface area contributed by atoms with Crippen molar-refractivity contribution in [3.05, 3.63) is 11.8 Å². The molecule has 1 aromatic rings. The Bertz CT molecular complexity index is 510. The van der Waals surface area contributed by atoms with Crippen LogP contribution < -0.4 is 9.80 Å². The molecule has 0 aliphatic carbocycles. The van der Waals surface area contributed by atoms with Crippen LogP contribution in [0.4, 0.5) is 11.8 Å². The van der Waals surface area contributed by atoms with E-state index < -0.39 is 0 Å². The lowest BCUT2D eigenvalue weighted by atomic mass is 10.2. The van der Waals surface area contributed by atoms with Crippen LogP contribution in [-0.4, -0.2) is 74.3 Å². The fourth-order valence-electron chi connectivity index (χ4n) is 2.47. The average Bonchev–Trinajstić information content (AvgIpc) is 2.44. The zero-order chi connectivity index (χ0) is 16.4. The normalized spacial score (nSPS) is 21.6. The summed E-state index contributed by atoms with van der Waals surface area (Å²) in [5.74, 6) is 1.18. The summed E-state index contributed by atoms with van der Waals surface area (Å²) >= 11 is 0. The second kappa shape index (κ2) is 6.48. The van der Waals surface area contributed by atoms with E-state index in [9.17, 15) is 4.79 Å². The quantitative estimate of drug-likeness (QED) is 0.825. The minimum atomic E-state index is -0.0735. The Kier molecular flexibility index (Phi) is 4.85. The molecule has 0 aromatic carbocycles. The number of morpholine rings is 1. The molecule has 2 atom stereocenters. The number of carbonyl (C=O) groups is 1. The van der Waals surface area contributed by atoms with Gasteiger partial charge in [0.2, 0.25) is 5.95 Å². The summed E-state index contributed by atoms with van der Waals surface area (Å²) in [6.45, 7) is 5.13. The Hall–Kier alpha value is -1.89. The molecular formula is C15H25N5O2. The summed E-state index contributed by atoms with van der Waals surface area (Å²) in [6, 6.07) is 1.74. The van der Waals surface area contributed by atoms with Gasteiger partial charge in [-0.1, -0.05) is 0 Å². The van der Waals surface area contributed by atoms with E-state index in [1.54, 1.807) is 15.9 Å². The monoisotopic (exact) mass is 307 g/mol. The maximum Gasteiger partial charge on any atom is 0.272 e. The van der Waals surface area contributed by atoms with Crippen molar-refractivity contribution in [1.82, 2.24) is 14.9 Å². The fraction of sp³-hybridized carbons (Fsp3) is 0.667. The number of rotatable bonds is 3. The molecular weight excluding hydrogens is 282 g/mol. The first-order valence-electron chi connectivity index (χ1n) is 7.46. The molecule has 2 heterocycles. The van der Waals surface area contributed by atoms with Crippen LogP contribution in [-0.2, 0) is 4.74 Å².